The average molecular weight is 645 g/mol. The summed E-state index contributed by atoms with van der Waals surface area (Å²) in [7, 11) is 0. The number of nitrogens with one attached hydrogen (secondary N) is 1. The van der Waals surface area contributed by atoms with Gasteiger partial charge in [-0.05, 0) is 47.9 Å². The van der Waals surface area contributed by atoms with Crippen molar-refractivity contribution in [3.63, 3.8) is 0 Å². The molecule has 238 valence electrons. The van der Waals surface area contributed by atoms with Gasteiger partial charge in [-0.3, -0.25) is 19.0 Å². The molecule has 1 atom stereocenters. The number of hydrogen-bond acceptors (Lipinski definition) is 10. The Labute approximate surface area is 268 Å². The second-order valence-electron chi connectivity index (χ2n) is 11.0. The van der Waals surface area contributed by atoms with Crippen molar-refractivity contribution in [2.75, 3.05) is 39.9 Å². The Bertz CT molecular complexity index is 1860. The lowest BCUT2D eigenvalue weighted by Gasteiger charge is -2.30. The molecule has 0 aliphatic carbocycles. The topological polar surface area (TPSA) is 130 Å². The van der Waals surface area contributed by atoms with E-state index in [4.69, 9.17) is 28.7 Å². The minimum absolute atomic E-state index is 0.00139. The number of fused-ring (bicyclic) bond motifs is 3. The van der Waals surface area contributed by atoms with E-state index in [9.17, 15) is 14.4 Å². The number of nitrogens with zero attached hydrogens (tertiary/aromatic N) is 3. The second-order valence-corrected chi connectivity index (χ2v) is 12.2. The van der Waals surface area contributed by atoms with Crippen LogP contribution in [0.1, 0.15) is 34.8 Å². The van der Waals surface area contributed by atoms with Gasteiger partial charge in [-0.15, -0.1) is 0 Å². The second kappa shape index (κ2) is 12.9. The smallest absolute Gasteiger partial charge is 0.262 e. The Morgan fingerprint density at radius 2 is 1.57 bits per heavy atom. The number of carbonyl (C=O) groups is 2. The van der Waals surface area contributed by atoms with E-state index in [1.807, 2.05) is 42.2 Å². The highest BCUT2D eigenvalue weighted by Gasteiger charge is 2.28. The van der Waals surface area contributed by atoms with Crippen LogP contribution in [0.3, 0.4) is 0 Å². The lowest BCUT2D eigenvalue weighted by molar-refractivity contribution is -0.134. The van der Waals surface area contributed by atoms with E-state index in [-0.39, 0.29) is 37.5 Å². The largest absolute Gasteiger partial charge is 0.454 e. The molecule has 0 bridgehead atoms. The van der Waals surface area contributed by atoms with E-state index in [0.717, 1.165) is 11.1 Å². The highest BCUT2D eigenvalue weighted by Crippen LogP contribution is 2.36. The number of benzene rings is 3. The van der Waals surface area contributed by atoms with Gasteiger partial charge in [-0.1, -0.05) is 36.9 Å². The van der Waals surface area contributed by atoms with Crippen molar-refractivity contribution in [3.8, 4) is 23.0 Å². The molecule has 4 heterocycles. The molecule has 1 saturated heterocycles. The molecule has 1 N–H and O–H groups in total. The van der Waals surface area contributed by atoms with E-state index in [2.05, 4.69) is 5.32 Å². The van der Waals surface area contributed by atoms with Crippen molar-refractivity contribution < 1.29 is 33.3 Å². The summed E-state index contributed by atoms with van der Waals surface area (Å²) in [4.78, 5) is 47.0. The predicted octanol–water partition coefficient (Wildman–Crippen LogP) is 3.56. The summed E-state index contributed by atoms with van der Waals surface area (Å²) in [6.45, 7) is 4.82. The Hall–Kier alpha value is -4.75. The third-order valence-corrected chi connectivity index (χ3v) is 9.42. The van der Waals surface area contributed by atoms with Crippen LogP contribution in [0.25, 0.3) is 10.9 Å². The fraction of sp³-hybridized carbons (Fsp3) is 0.333. The molecular weight excluding hydrogens is 612 g/mol. The first-order valence-electron chi connectivity index (χ1n) is 15.1. The van der Waals surface area contributed by atoms with Crippen LogP contribution in [0, 0.1) is 0 Å². The summed E-state index contributed by atoms with van der Waals surface area (Å²) in [6, 6.07) is 16.0. The Kier molecular flexibility index (Phi) is 8.41. The number of rotatable bonds is 9. The molecular formula is C33H32N4O8S. The zero-order chi connectivity index (χ0) is 31.6. The highest BCUT2D eigenvalue weighted by molar-refractivity contribution is 8.00. The maximum Gasteiger partial charge on any atom is 0.262 e. The van der Waals surface area contributed by atoms with Gasteiger partial charge in [-0.25, -0.2) is 4.98 Å². The number of aromatic nitrogens is 2. The van der Waals surface area contributed by atoms with Crippen molar-refractivity contribution in [2.24, 2.45) is 0 Å². The average Bonchev–Trinajstić information content (AvgIpc) is 3.76. The molecule has 3 aliphatic heterocycles. The molecule has 12 nitrogen and oxygen atoms in total. The molecule has 0 saturated carbocycles. The monoisotopic (exact) mass is 644 g/mol. The Balaban J connectivity index is 1.13. The summed E-state index contributed by atoms with van der Waals surface area (Å²) in [5.41, 5.74) is 2.38. The molecule has 46 heavy (non-hydrogen) atoms. The molecule has 13 heteroatoms. The van der Waals surface area contributed by atoms with Gasteiger partial charge in [0.1, 0.15) is 0 Å². The van der Waals surface area contributed by atoms with Gasteiger partial charge >= 0.3 is 0 Å². The van der Waals surface area contributed by atoms with Crippen molar-refractivity contribution in [1.82, 2.24) is 19.8 Å². The van der Waals surface area contributed by atoms with Crippen molar-refractivity contribution in [2.45, 2.75) is 36.8 Å². The summed E-state index contributed by atoms with van der Waals surface area (Å²) in [5.74, 6) is 2.13. The minimum Gasteiger partial charge on any atom is -0.454 e. The first-order chi connectivity index (χ1) is 22.5. The molecule has 3 aromatic carbocycles. The van der Waals surface area contributed by atoms with Gasteiger partial charge in [0.05, 0.1) is 35.9 Å². The molecule has 2 amide bonds. The van der Waals surface area contributed by atoms with E-state index in [0.29, 0.717) is 83.9 Å². The number of ether oxygens (including phenoxy) is 5. The van der Waals surface area contributed by atoms with Crippen LogP contribution in [0.5, 0.6) is 23.0 Å². The van der Waals surface area contributed by atoms with Gasteiger partial charge < -0.3 is 33.9 Å². The van der Waals surface area contributed by atoms with Crippen molar-refractivity contribution in [1.29, 1.82) is 0 Å². The Morgan fingerprint density at radius 1 is 0.891 bits per heavy atom. The Morgan fingerprint density at radius 3 is 2.30 bits per heavy atom. The molecule has 1 fully saturated rings. The zero-order valence-electron chi connectivity index (χ0n) is 25.2. The van der Waals surface area contributed by atoms with Gasteiger partial charge in [0.2, 0.25) is 19.5 Å². The van der Waals surface area contributed by atoms with E-state index >= 15 is 0 Å². The fourth-order valence-corrected chi connectivity index (χ4v) is 6.62. The number of hydrogen-bond donors (Lipinski definition) is 1. The molecule has 7 rings (SSSR count). The van der Waals surface area contributed by atoms with Gasteiger partial charge in [0.25, 0.3) is 11.5 Å². The van der Waals surface area contributed by atoms with Crippen LogP contribution in [0.4, 0.5) is 0 Å². The maximum atomic E-state index is 14.0. The van der Waals surface area contributed by atoms with E-state index < -0.39 is 5.25 Å². The zero-order valence-corrected chi connectivity index (χ0v) is 26.0. The quantitative estimate of drug-likeness (QED) is 0.213. The van der Waals surface area contributed by atoms with Crippen LogP contribution >= 0.6 is 11.8 Å². The number of thioether (sulfide) groups is 1. The van der Waals surface area contributed by atoms with Crippen LogP contribution < -0.4 is 29.8 Å². The number of amides is 2. The van der Waals surface area contributed by atoms with Crippen LogP contribution in [-0.2, 0) is 22.6 Å². The van der Waals surface area contributed by atoms with E-state index in [1.165, 1.54) is 11.8 Å². The van der Waals surface area contributed by atoms with Gasteiger partial charge in [0.15, 0.2) is 28.2 Å². The summed E-state index contributed by atoms with van der Waals surface area (Å²) in [6.07, 6.45) is 0.561. The summed E-state index contributed by atoms with van der Waals surface area (Å²) < 4.78 is 28.8. The van der Waals surface area contributed by atoms with Crippen LogP contribution in [-0.4, -0.2) is 71.4 Å². The normalized spacial score (nSPS) is 15.6. The SMILES string of the molecule is CC[C@@H](Sc1nc2cc3c(cc2c(=O)n1Cc1ccc(C(=O)NCc2ccc4c(c2)OCO4)cc1)OCO3)C(=O)N1CCOCC1. The third kappa shape index (κ3) is 6.07. The van der Waals surface area contributed by atoms with Crippen molar-refractivity contribution >= 4 is 34.5 Å². The molecule has 0 unspecified atom stereocenters. The maximum absolute atomic E-state index is 14.0. The molecule has 1 aromatic heterocycles. The predicted molar refractivity (Wildman–Crippen MR) is 169 cm³/mol. The van der Waals surface area contributed by atoms with Crippen LogP contribution in [0.2, 0.25) is 0 Å². The third-order valence-electron chi connectivity index (χ3n) is 8.08. The summed E-state index contributed by atoms with van der Waals surface area (Å²) in [5, 5.41) is 3.31. The first kappa shape index (κ1) is 29.9. The van der Waals surface area contributed by atoms with E-state index in [1.54, 1.807) is 28.8 Å². The lowest BCUT2D eigenvalue weighted by Crippen LogP contribution is -2.44. The van der Waals surface area contributed by atoms with Gasteiger partial charge in [-0.2, -0.15) is 0 Å². The first-order valence-corrected chi connectivity index (χ1v) is 16.0. The standard InChI is InChI=1S/C33H32N4O8S/c1-2-29(32(40)36-9-11-41-12-10-36)46-33-35-24-15-28-27(44-19-45-28)14-23(24)31(39)37(33)17-20-3-6-22(7-4-20)30(38)34-16-21-5-8-25-26(13-21)43-18-42-25/h3-8,13-15,29H,2,9-12,16-19H2,1H3,(H,34,38)/t29-/m1/s1. The molecule has 0 radical (unpaired) electrons. The summed E-state index contributed by atoms with van der Waals surface area (Å²) >= 11 is 1.29. The number of carbonyl (C=O) groups excluding carboxylic acids is 2. The van der Waals surface area contributed by atoms with Crippen LogP contribution in [0.15, 0.2) is 64.5 Å². The molecule has 3 aliphatic rings. The molecule has 4 aromatic rings. The molecule has 0 spiro atoms. The lowest BCUT2D eigenvalue weighted by atomic mass is 10.1. The fourth-order valence-electron chi connectivity index (χ4n) is 5.52. The highest BCUT2D eigenvalue weighted by atomic mass is 32.2. The number of morpholine rings is 1. The van der Waals surface area contributed by atoms with Gasteiger partial charge in [0, 0.05) is 31.3 Å². The van der Waals surface area contributed by atoms with Crippen molar-refractivity contribution in [3.05, 3.63) is 81.6 Å². The minimum atomic E-state index is -0.432.